The number of aromatic amines is 2. The van der Waals surface area contributed by atoms with Gasteiger partial charge in [0.15, 0.2) is 11.6 Å². The number of amides is 1. The molecule has 3 N–H and O–H groups in total. The number of H-pyrrole nitrogens is 2. The number of furan rings is 1. The van der Waals surface area contributed by atoms with Crippen molar-refractivity contribution in [2.75, 3.05) is 5.32 Å². The van der Waals surface area contributed by atoms with Crippen molar-refractivity contribution in [2.45, 2.75) is 32.1 Å². The summed E-state index contributed by atoms with van der Waals surface area (Å²) in [5.41, 5.74) is 4.56. The molecule has 11 heteroatoms. The van der Waals surface area contributed by atoms with Gasteiger partial charge in [0.25, 0.3) is 0 Å². The molecule has 39 heavy (non-hydrogen) atoms. The van der Waals surface area contributed by atoms with Gasteiger partial charge in [0.2, 0.25) is 5.91 Å². The number of halogens is 1. The van der Waals surface area contributed by atoms with Crippen LogP contribution in [0.2, 0.25) is 0 Å². The summed E-state index contributed by atoms with van der Waals surface area (Å²) >= 11 is 0. The summed E-state index contributed by atoms with van der Waals surface area (Å²) < 4.78 is 21.3. The van der Waals surface area contributed by atoms with Crippen LogP contribution in [0.5, 0.6) is 0 Å². The lowest BCUT2D eigenvalue weighted by atomic mass is 9.88. The third-order valence-corrected chi connectivity index (χ3v) is 7.22. The molecule has 1 amide bonds. The summed E-state index contributed by atoms with van der Waals surface area (Å²) in [5.74, 6) is -0.210. The molecule has 1 aliphatic rings. The molecular formula is C28H23FN8O2. The molecular weight excluding hydrogens is 499 g/mol. The Morgan fingerprint density at radius 3 is 2.74 bits per heavy atom. The highest BCUT2D eigenvalue weighted by Gasteiger charge is 2.23. The first-order valence-electron chi connectivity index (χ1n) is 12.8. The molecule has 1 saturated carbocycles. The highest BCUT2D eigenvalue weighted by atomic mass is 19.1. The van der Waals surface area contributed by atoms with Gasteiger partial charge >= 0.3 is 0 Å². The summed E-state index contributed by atoms with van der Waals surface area (Å²) in [6, 6.07) is 5.29. The van der Waals surface area contributed by atoms with Crippen molar-refractivity contribution in [1.29, 1.82) is 0 Å². The number of rotatable bonds is 5. The van der Waals surface area contributed by atoms with Crippen molar-refractivity contribution >= 4 is 33.5 Å². The first-order valence-corrected chi connectivity index (χ1v) is 12.8. The maximum atomic E-state index is 16.1. The largest absolute Gasteiger partial charge is 0.472 e. The maximum absolute atomic E-state index is 16.1. The van der Waals surface area contributed by atoms with Crippen LogP contribution in [0.15, 0.2) is 59.9 Å². The molecule has 0 spiro atoms. The third-order valence-electron chi connectivity index (χ3n) is 7.22. The van der Waals surface area contributed by atoms with Gasteiger partial charge in [0.05, 0.1) is 47.0 Å². The smallest absolute Gasteiger partial charge is 0.227 e. The van der Waals surface area contributed by atoms with E-state index in [4.69, 9.17) is 9.40 Å². The fourth-order valence-electron chi connectivity index (χ4n) is 5.25. The molecule has 0 radical (unpaired) electrons. The van der Waals surface area contributed by atoms with Crippen molar-refractivity contribution in [3.63, 3.8) is 0 Å². The van der Waals surface area contributed by atoms with E-state index in [1.165, 1.54) is 18.8 Å². The van der Waals surface area contributed by atoms with Crippen LogP contribution in [0, 0.1) is 11.7 Å². The number of aromatic nitrogens is 7. The minimum Gasteiger partial charge on any atom is -0.472 e. The van der Waals surface area contributed by atoms with Crippen LogP contribution in [0.3, 0.4) is 0 Å². The van der Waals surface area contributed by atoms with Gasteiger partial charge in [0, 0.05) is 29.4 Å². The predicted molar refractivity (Wildman–Crippen MR) is 143 cm³/mol. The number of fused-ring (bicyclic) bond motifs is 2. The van der Waals surface area contributed by atoms with Crippen molar-refractivity contribution < 1.29 is 13.6 Å². The average molecular weight is 523 g/mol. The molecule has 0 aliphatic heterocycles. The lowest BCUT2D eigenvalue weighted by molar-refractivity contribution is -0.120. The zero-order valence-electron chi connectivity index (χ0n) is 20.7. The lowest BCUT2D eigenvalue weighted by Gasteiger charge is -2.20. The van der Waals surface area contributed by atoms with Crippen molar-refractivity contribution in [1.82, 2.24) is 35.1 Å². The number of hydrogen-bond acceptors (Lipinski definition) is 7. The third kappa shape index (κ3) is 4.12. The Morgan fingerprint density at radius 2 is 1.90 bits per heavy atom. The Labute approximate surface area is 221 Å². The standard InChI is InChI=1S/C28H23FN8O2/c29-22-21-20(13-32-23(22)17-10-18(12-30-11-17)33-28(38)15-4-2-1-3-5-15)36-37-26(21)27-34-19-6-8-31-24(25(19)35-27)16-7-9-39-14-16/h6-15H,1-5H2,(H,33,38)(H,34,35)(H,36,37). The van der Waals surface area contributed by atoms with Crippen molar-refractivity contribution in [3.8, 4) is 34.0 Å². The number of nitrogens with zero attached hydrogens (tertiary/aromatic N) is 5. The Morgan fingerprint density at radius 1 is 1.00 bits per heavy atom. The molecule has 6 aromatic heterocycles. The first kappa shape index (κ1) is 23.2. The first-order chi connectivity index (χ1) is 19.2. The number of pyridine rings is 3. The molecule has 0 aromatic carbocycles. The molecule has 194 valence electrons. The van der Waals surface area contributed by atoms with E-state index in [1.807, 2.05) is 0 Å². The highest BCUT2D eigenvalue weighted by molar-refractivity contribution is 5.97. The second-order valence-corrected chi connectivity index (χ2v) is 9.72. The minimum absolute atomic E-state index is 0.00450. The Hall–Kier alpha value is -4.93. The molecule has 0 unspecified atom stereocenters. The normalized spacial score (nSPS) is 14.3. The van der Waals surface area contributed by atoms with Crippen LogP contribution < -0.4 is 5.32 Å². The van der Waals surface area contributed by atoms with Gasteiger partial charge in [-0.05, 0) is 31.0 Å². The highest BCUT2D eigenvalue weighted by Crippen LogP contribution is 2.34. The molecule has 1 aliphatic carbocycles. The van der Waals surface area contributed by atoms with E-state index in [-0.39, 0.29) is 22.9 Å². The monoisotopic (exact) mass is 522 g/mol. The van der Waals surface area contributed by atoms with Gasteiger partial charge in [-0.25, -0.2) is 9.37 Å². The summed E-state index contributed by atoms with van der Waals surface area (Å²) in [6.45, 7) is 0. The predicted octanol–water partition coefficient (Wildman–Crippen LogP) is 5.88. The second kappa shape index (κ2) is 9.43. The number of nitrogens with one attached hydrogen (secondary N) is 3. The zero-order chi connectivity index (χ0) is 26.3. The number of hydrogen-bond donors (Lipinski definition) is 3. The Bertz CT molecular complexity index is 1820. The molecule has 0 saturated heterocycles. The molecule has 7 rings (SSSR count). The minimum atomic E-state index is -0.567. The van der Waals surface area contributed by atoms with Crippen LogP contribution >= 0.6 is 0 Å². The van der Waals surface area contributed by atoms with Crippen LogP contribution in [-0.2, 0) is 4.79 Å². The van der Waals surface area contributed by atoms with Gasteiger partial charge in [0.1, 0.15) is 22.6 Å². The Kier molecular flexibility index (Phi) is 5.61. The van der Waals surface area contributed by atoms with Gasteiger partial charge in [-0.3, -0.25) is 24.8 Å². The SMILES string of the molecule is O=C(Nc1cncc(-c2ncc3[nH]nc(-c4nc5c(-c6ccoc6)nccc5[nH]4)c3c2F)c1)C1CCCCC1. The molecule has 0 bridgehead atoms. The number of imidazole rings is 1. The number of anilines is 1. The molecule has 10 nitrogen and oxygen atoms in total. The van der Waals surface area contributed by atoms with Gasteiger partial charge in [-0.15, -0.1) is 0 Å². The van der Waals surface area contributed by atoms with Gasteiger partial charge in [-0.2, -0.15) is 5.10 Å². The second-order valence-electron chi connectivity index (χ2n) is 9.72. The molecule has 0 atom stereocenters. The van der Waals surface area contributed by atoms with E-state index in [0.29, 0.717) is 39.5 Å². The number of carbonyl (C=O) groups is 1. The summed E-state index contributed by atoms with van der Waals surface area (Å²) in [6.07, 6.45) is 14.5. The van der Waals surface area contributed by atoms with E-state index in [1.54, 1.807) is 43.1 Å². The molecule has 6 heterocycles. The van der Waals surface area contributed by atoms with Crippen molar-refractivity contribution in [2.24, 2.45) is 5.92 Å². The van der Waals surface area contributed by atoms with E-state index in [9.17, 15) is 4.79 Å². The van der Waals surface area contributed by atoms with E-state index in [0.717, 1.165) is 36.8 Å². The Balaban J connectivity index is 1.26. The van der Waals surface area contributed by atoms with Gasteiger partial charge < -0.3 is 14.7 Å². The van der Waals surface area contributed by atoms with E-state index >= 15 is 4.39 Å². The molecule has 6 aromatic rings. The summed E-state index contributed by atoms with van der Waals surface area (Å²) in [4.78, 5) is 33.7. The number of carbonyl (C=O) groups excluding carboxylic acids is 1. The van der Waals surface area contributed by atoms with Crippen LogP contribution in [0.1, 0.15) is 32.1 Å². The van der Waals surface area contributed by atoms with Gasteiger partial charge in [-0.1, -0.05) is 19.3 Å². The van der Waals surface area contributed by atoms with E-state index < -0.39 is 5.82 Å². The maximum Gasteiger partial charge on any atom is 0.227 e. The van der Waals surface area contributed by atoms with Crippen LogP contribution in [0.25, 0.3) is 56.0 Å². The van der Waals surface area contributed by atoms with Crippen molar-refractivity contribution in [3.05, 3.63) is 61.3 Å². The summed E-state index contributed by atoms with van der Waals surface area (Å²) in [5, 5.41) is 10.4. The summed E-state index contributed by atoms with van der Waals surface area (Å²) in [7, 11) is 0. The fourth-order valence-corrected chi connectivity index (χ4v) is 5.25. The van der Waals surface area contributed by atoms with E-state index in [2.05, 4.69) is 35.5 Å². The topological polar surface area (TPSA) is 138 Å². The lowest BCUT2D eigenvalue weighted by Crippen LogP contribution is -2.24. The quantitative estimate of drug-likeness (QED) is 0.257. The zero-order valence-corrected chi connectivity index (χ0v) is 20.7. The average Bonchev–Trinajstić information content (AvgIpc) is 3.73. The fraction of sp³-hybridized carbons (Fsp3) is 0.214. The molecule has 1 fully saturated rings. The van der Waals surface area contributed by atoms with Crippen LogP contribution in [-0.4, -0.2) is 41.0 Å². The van der Waals surface area contributed by atoms with Crippen LogP contribution in [0.4, 0.5) is 10.1 Å².